The van der Waals surface area contributed by atoms with E-state index in [1.54, 1.807) is 24.3 Å². The number of hydrogen-bond acceptors (Lipinski definition) is 3. The molecule has 0 fully saturated rings. The largest absolute Gasteiger partial charge is 0.493 e. The number of rotatable bonds is 3. The van der Waals surface area contributed by atoms with E-state index in [4.69, 9.17) is 4.74 Å². The summed E-state index contributed by atoms with van der Waals surface area (Å²) < 4.78 is 5.59. The molecule has 0 aliphatic carbocycles. The lowest BCUT2D eigenvalue weighted by Gasteiger charge is -2.26. The van der Waals surface area contributed by atoms with E-state index < -0.39 is 0 Å². The highest BCUT2D eigenvalue weighted by atomic mass is 16.5. The molecule has 1 heterocycles. The van der Waals surface area contributed by atoms with Crippen LogP contribution in [0.3, 0.4) is 0 Å². The first-order valence-electron chi connectivity index (χ1n) is 7.54. The molecule has 23 heavy (non-hydrogen) atoms. The third-order valence-corrected chi connectivity index (χ3v) is 3.81. The van der Waals surface area contributed by atoms with Crippen molar-refractivity contribution in [3.8, 4) is 5.75 Å². The predicted molar refractivity (Wildman–Crippen MR) is 87.9 cm³/mol. The molecule has 0 aromatic heterocycles. The molecule has 2 aromatic carbocycles. The van der Waals surface area contributed by atoms with Crippen LogP contribution in [0.25, 0.3) is 0 Å². The van der Waals surface area contributed by atoms with Crippen molar-refractivity contribution in [2.75, 3.05) is 11.9 Å². The Balaban J connectivity index is 1.65. The van der Waals surface area contributed by atoms with Gasteiger partial charge in [-0.3, -0.25) is 4.79 Å². The Morgan fingerprint density at radius 3 is 2.57 bits per heavy atom. The second-order valence-corrected chi connectivity index (χ2v) is 5.46. The van der Waals surface area contributed by atoms with E-state index in [1.807, 2.05) is 24.3 Å². The van der Waals surface area contributed by atoms with Gasteiger partial charge in [0.15, 0.2) is 5.78 Å². The van der Waals surface area contributed by atoms with Crippen molar-refractivity contribution >= 4 is 17.5 Å². The first-order valence-corrected chi connectivity index (χ1v) is 7.54. The monoisotopic (exact) mass is 310 g/mol. The average molecular weight is 310 g/mol. The maximum atomic E-state index is 12.2. The predicted octanol–water partition coefficient (Wildman–Crippen LogP) is 3.53. The quantitative estimate of drug-likeness (QED) is 0.852. The normalized spacial score (nSPS) is 16.0. The van der Waals surface area contributed by atoms with Gasteiger partial charge < -0.3 is 15.4 Å². The lowest BCUT2D eigenvalue weighted by Crippen LogP contribution is -2.35. The van der Waals surface area contributed by atoms with Crippen molar-refractivity contribution in [3.63, 3.8) is 0 Å². The molecule has 118 valence electrons. The van der Waals surface area contributed by atoms with Crippen molar-refractivity contribution < 1.29 is 14.3 Å². The number of hydrogen-bond donors (Lipinski definition) is 2. The fourth-order valence-electron chi connectivity index (χ4n) is 2.61. The molecule has 0 unspecified atom stereocenters. The molecule has 1 atom stereocenters. The molecular weight excluding hydrogens is 292 g/mol. The van der Waals surface area contributed by atoms with Crippen molar-refractivity contribution in [2.45, 2.75) is 19.4 Å². The first kappa shape index (κ1) is 15.1. The molecule has 3 rings (SSSR count). The van der Waals surface area contributed by atoms with Crippen molar-refractivity contribution in [1.29, 1.82) is 0 Å². The second-order valence-electron chi connectivity index (χ2n) is 5.46. The molecule has 0 radical (unpaired) electrons. The van der Waals surface area contributed by atoms with Crippen molar-refractivity contribution in [1.82, 2.24) is 5.32 Å². The van der Waals surface area contributed by atoms with Crippen LogP contribution >= 0.6 is 0 Å². The fourth-order valence-corrected chi connectivity index (χ4v) is 2.61. The van der Waals surface area contributed by atoms with Crippen LogP contribution in [0.5, 0.6) is 5.75 Å². The number of benzene rings is 2. The summed E-state index contributed by atoms with van der Waals surface area (Å²) in [5.74, 6) is 0.815. The number of nitrogens with one attached hydrogen (secondary N) is 2. The van der Waals surface area contributed by atoms with Crippen LogP contribution in [-0.4, -0.2) is 18.4 Å². The summed E-state index contributed by atoms with van der Waals surface area (Å²) >= 11 is 0. The highest BCUT2D eigenvalue weighted by Gasteiger charge is 2.22. The van der Waals surface area contributed by atoms with Gasteiger partial charge in [-0.2, -0.15) is 0 Å². The number of para-hydroxylation sites is 1. The molecule has 5 heteroatoms. The minimum atomic E-state index is -0.276. The van der Waals surface area contributed by atoms with Gasteiger partial charge in [0.05, 0.1) is 12.6 Å². The average Bonchev–Trinajstić information content (AvgIpc) is 2.55. The maximum absolute atomic E-state index is 12.2. The highest BCUT2D eigenvalue weighted by Crippen LogP contribution is 2.31. The van der Waals surface area contributed by atoms with Crippen molar-refractivity contribution in [3.05, 3.63) is 59.7 Å². The van der Waals surface area contributed by atoms with Crippen LogP contribution in [0.4, 0.5) is 10.5 Å². The molecule has 2 aromatic rings. The number of carbonyl (C=O) groups excluding carboxylic acids is 2. The van der Waals surface area contributed by atoms with Gasteiger partial charge in [-0.15, -0.1) is 0 Å². The number of fused-ring (bicyclic) bond motifs is 1. The van der Waals surface area contributed by atoms with Gasteiger partial charge in [-0.1, -0.05) is 18.2 Å². The van der Waals surface area contributed by atoms with E-state index in [0.717, 1.165) is 17.7 Å². The van der Waals surface area contributed by atoms with Crippen LogP contribution in [0, 0.1) is 0 Å². The summed E-state index contributed by atoms with van der Waals surface area (Å²) in [6.45, 7) is 2.09. The Morgan fingerprint density at radius 2 is 1.83 bits per heavy atom. The molecule has 1 aliphatic heterocycles. The summed E-state index contributed by atoms with van der Waals surface area (Å²) in [6.07, 6.45) is 0.730. The smallest absolute Gasteiger partial charge is 0.319 e. The van der Waals surface area contributed by atoms with E-state index in [-0.39, 0.29) is 17.9 Å². The van der Waals surface area contributed by atoms with Gasteiger partial charge in [0.1, 0.15) is 5.75 Å². The molecular formula is C18H18N2O3. The lowest BCUT2D eigenvalue weighted by atomic mass is 10.0. The molecule has 5 nitrogen and oxygen atoms in total. The van der Waals surface area contributed by atoms with E-state index in [0.29, 0.717) is 17.9 Å². The molecule has 0 saturated heterocycles. The van der Waals surface area contributed by atoms with Crippen LogP contribution in [0.15, 0.2) is 48.5 Å². The third kappa shape index (κ3) is 3.51. The van der Waals surface area contributed by atoms with Gasteiger partial charge in [0, 0.05) is 23.2 Å². The number of ketones is 1. The minimum Gasteiger partial charge on any atom is -0.493 e. The molecule has 2 N–H and O–H groups in total. The molecule has 0 bridgehead atoms. The van der Waals surface area contributed by atoms with E-state index in [2.05, 4.69) is 10.6 Å². The van der Waals surface area contributed by atoms with Gasteiger partial charge in [0.25, 0.3) is 0 Å². The molecule has 0 spiro atoms. The van der Waals surface area contributed by atoms with Gasteiger partial charge in [0.2, 0.25) is 0 Å². The number of urea groups is 1. The second kappa shape index (κ2) is 6.52. The topological polar surface area (TPSA) is 67.4 Å². The van der Waals surface area contributed by atoms with Crippen LogP contribution in [0.2, 0.25) is 0 Å². The van der Waals surface area contributed by atoms with Crippen LogP contribution in [0.1, 0.15) is 35.3 Å². The summed E-state index contributed by atoms with van der Waals surface area (Å²) in [6, 6.07) is 14.2. The summed E-state index contributed by atoms with van der Waals surface area (Å²) in [4.78, 5) is 23.4. The Bertz CT molecular complexity index is 725. The SMILES string of the molecule is CC(=O)c1ccc(NC(=O)N[C@@H]2CCOc3ccccc32)cc1. The summed E-state index contributed by atoms with van der Waals surface area (Å²) in [7, 11) is 0. The third-order valence-electron chi connectivity index (χ3n) is 3.81. The summed E-state index contributed by atoms with van der Waals surface area (Å²) in [5, 5.41) is 5.75. The number of Topliss-reactive ketones (excluding diaryl/α,β-unsaturated/α-hetero) is 1. The number of ether oxygens (including phenoxy) is 1. The lowest BCUT2D eigenvalue weighted by molar-refractivity contribution is 0.101. The summed E-state index contributed by atoms with van der Waals surface area (Å²) in [5.41, 5.74) is 2.25. The zero-order valence-electron chi connectivity index (χ0n) is 12.8. The Labute approximate surface area is 134 Å². The van der Waals surface area contributed by atoms with E-state index in [1.165, 1.54) is 6.92 Å². The fraction of sp³-hybridized carbons (Fsp3) is 0.222. The number of anilines is 1. The molecule has 0 saturated carbocycles. The van der Waals surface area contributed by atoms with Gasteiger partial charge in [-0.25, -0.2) is 4.79 Å². The van der Waals surface area contributed by atoms with Gasteiger partial charge >= 0.3 is 6.03 Å². The van der Waals surface area contributed by atoms with Crippen molar-refractivity contribution in [2.24, 2.45) is 0 Å². The maximum Gasteiger partial charge on any atom is 0.319 e. The zero-order valence-corrected chi connectivity index (χ0v) is 12.8. The van der Waals surface area contributed by atoms with Crippen LogP contribution in [-0.2, 0) is 0 Å². The Kier molecular flexibility index (Phi) is 4.28. The van der Waals surface area contributed by atoms with E-state index >= 15 is 0 Å². The zero-order chi connectivity index (χ0) is 16.2. The first-order chi connectivity index (χ1) is 11.1. The minimum absolute atomic E-state index is 0.000172. The van der Waals surface area contributed by atoms with E-state index in [9.17, 15) is 9.59 Å². The highest BCUT2D eigenvalue weighted by molar-refractivity contribution is 5.95. The molecule has 1 aliphatic rings. The Morgan fingerprint density at radius 1 is 1.09 bits per heavy atom. The van der Waals surface area contributed by atoms with Crippen LogP contribution < -0.4 is 15.4 Å². The van der Waals surface area contributed by atoms with Gasteiger partial charge in [-0.05, 0) is 37.3 Å². The number of carbonyl (C=O) groups is 2. The standard InChI is InChI=1S/C18H18N2O3/c1-12(21)13-6-8-14(9-7-13)19-18(22)20-16-10-11-23-17-5-3-2-4-15(16)17/h2-9,16H,10-11H2,1H3,(H2,19,20,22)/t16-/m1/s1. The number of amides is 2. The molecule has 2 amide bonds. The Hall–Kier alpha value is -2.82.